The van der Waals surface area contributed by atoms with Crippen molar-refractivity contribution in [1.82, 2.24) is 10.2 Å². The van der Waals surface area contributed by atoms with Gasteiger partial charge >= 0.3 is 0 Å². The lowest BCUT2D eigenvalue weighted by atomic mass is 9.97. The minimum atomic E-state index is 0.0866. The number of hydrogen-bond acceptors (Lipinski definition) is 5. The number of amides is 1. The van der Waals surface area contributed by atoms with Gasteiger partial charge < -0.3 is 15.3 Å². The SMILES string of the molecule is CC1CN(CC(=O)NC2CCOCC2)CCC1=NO. The van der Waals surface area contributed by atoms with E-state index in [2.05, 4.69) is 15.4 Å². The molecule has 1 unspecified atom stereocenters. The van der Waals surface area contributed by atoms with Gasteiger partial charge in [0.15, 0.2) is 0 Å². The topological polar surface area (TPSA) is 74.2 Å². The fourth-order valence-electron chi connectivity index (χ4n) is 2.71. The maximum absolute atomic E-state index is 12.0. The first-order valence-corrected chi connectivity index (χ1v) is 6.99. The van der Waals surface area contributed by atoms with Gasteiger partial charge in [0.05, 0.1) is 12.3 Å². The third-order valence-corrected chi connectivity index (χ3v) is 3.87. The smallest absolute Gasteiger partial charge is 0.234 e. The molecule has 0 aromatic rings. The molecule has 0 saturated carbocycles. The van der Waals surface area contributed by atoms with Gasteiger partial charge in [-0.1, -0.05) is 12.1 Å². The summed E-state index contributed by atoms with van der Waals surface area (Å²) >= 11 is 0. The standard InChI is InChI=1S/C13H23N3O3/c1-10-8-16(5-2-12(10)15-18)9-13(17)14-11-3-6-19-7-4-11/h10-11,18H,2-9H2,1H3,(H,14,17). The van der Waals surface area contributed by atoms with Crippen LogP contribution in [0.5, 0.6) is 0 Å². The number of oxime groups is 1. The monoisotopic (exact) mass is 269 g/mol. The molecule has 0 aromatic heterocycles. The van der Waals surface area contributed by atoms with Gasteiger partial charge in [-0.15, -0.1) is 0 Å². The lowest BCUT2D eigenvalue weighted by Crippen LogP contribution is -2.47. The Hall–Kier alpha value is -1.14. The van der Waals surface area contributed by atoms with Gasteiger partial charge in [-0.25, -0.2) is 0 Å². The zero-order valence-electron chi connectivity index (χ0n) is 11.5. The molecule has 0 bridgehead atoms. The fourth-order valence-corrected chi connectivity index (χ4v) is 2.71. The van der Waals surface area contributed by atoms with Crippen LogP contribution in [0.2, 0.25) is 0 Å². The largest absolute Gasteiger partial charge is 0.411 e. The second kappa shape index (κ2) is 6.86. The zero-order chi connectivity index (χ0) is 13.7. The second-order valence-electron chi connectivity index (χ2n) is 5.43. The Morgan fingerprint density at radius 3 is 2.89 bits per heavy atom. The second-order valence-corrected chi connectivity index (χ2v) is 5.43. The molecule has 108 valence electrons. The molecule has 6 nitrogen and oxygen atoms in total. The summed E-state index contributed by atoms with van der Waals surface area (Å²) in [6.07, 6.45) is 2.55. The predicted octanol–water partition coefficient (Wildman–Crippen LogP) is 0.454. The minimum absolute atomic E-state index is 0.0866. The molecule has 0 aromatic carbocycles. The van der Waals surface area contributed by atoms with Gasteiger partial charge in [-0.05, 0) is 12.8 Å². The minimum Gasteiger partial charge on any atom is -0.411 e. The normalized spacial score (nSPS) is 28.5. The van der Waals surface area contributed by atoms with Crippen LogP contribution >= 0.6 is 0 Å². The van der Waals surface area contributed by atoms with E-state index in [4.69, 9.17) is 9.94 Å². The molecule has 2 N–H and O–H groups in total. The molecule has 2 heterocycles. The maximum Gasteiger partial charge on any atom is 0.234 e. The molecule has 6 heteroatoms. The van der Waals surface area contributed by atoms with Crippen LogP contribution in [-0.4, -0.2) is 60.6 Å². The number of carbonyl (C=O) groups excluding carboxylic acids is 1. The first-order valence-electron chi connectivity index (χ1n) is 6.99. The van der Waals surface area contributed by atoms with Crippen molar-refractivity contribution in [1.29, 1.82) is 0 Å². The Labute approximate surface area is 113 Å². The lowest BCUT2D eigenvalue weighted by Gasteiger charge is -2.31. The van der Waals surface area contributed by atoms with Gasteiger partial charge in [0, 0.05) is 44.7 Å². The number of hydrogen-bond donors (Lipinski definition) is 2. The van der Waals surface area contributed by atoms with E-state index in [1.807, 2.05) is 6.92 Å². The van der Waals surface area contributed by atoms with Crippen molar-refractivity contribution >= 4 is 11.6 Å². The van der Waals surface area contributed by atoms with Crippen LogP contribution in [0.25, 0.3) is 0 Å². The number of nitrogens with zero attached hydrogens (tertiary/aromatic N) is 2. The molecule has 2 fully saturated rings. The molecule has 1 atom stereocenters. The van der Waals surface area contributed by atoms with E-state index >= 15 is 0 Å². The summed E-state index contributed by atoms with van der Waals surface area (Å²) < 4.78 is 5.27. The molecule has 1 amide bonds. The molecule has 2 saturated heterocycles. The van der Waals surface area contributed by atoms with Crippen molar-refractivity contribution in [3.8, 4) is 0 Å². The summed E-state index contributed by atoms with van der Waals surface area (Å²) in [6.45, 7) is 5.49. The number of piperidine rings is 1. The average molecular weight is 269 g/mol. The van der Waals surface area contributed by atoms with E-state index < -0.39 is 0 Å². The predicted molar refractivity (Wildman–Crippen MR) is 71.4 cm³/mol. The van der Waals surface area contributed by atoms with Gasteiger partial charge in [0.1, 0.15) is 0 Å². The molecule has 0 radical (unpaired) electrons. The lowest BCUT2D eigenvalue weighted by molar-refractivity contribution is -0.123. The van der Waals surface area contributed by atoms with Crippen LogP contribution in [0, 0.1) is 5.92 Å². The molecule has 0 aliphatic carbocycles. The van der Waals surface area contributed by atoms with Gasteiger partial charge in [0.2, 0.25) is 5.91 Å². The van der Waals surface area contributed by atoms with Crippen LogP contribution in [0.3, 0.4) is 0 Å². The fraction of sp³-hybridized carbons (Fsp3) is 0.846. The average Bonchev–Trinajstić information content (AvgIpc) is 2.40. The summed E-state index contributed by atoms with van der Waals surface area (Å²) in [7, 11) is 0. The van der Waals surface area contributed by atoms with Crippen molar-refractivity contribution in [2.45, 2.75) is 32.2 Å². The van der Waals surface area contributed by atoms with E-state index in [1.165, 1.54) is 0 Å². The number of nitrogens with one attached hydrogen (secondary N) is 1. The Morgan fingerprint density at radius 1 is 1.53 bits per heavy atom. The van der Waals surface area contributed by atoms with Crippen molar-refractivity contribution in [3.05, 3.63) is 0 Å². The highest BCUT2D eigenvalue weighted by Crippen LogP contribution is 2.13. The zero-order valence-corrected chi connectivity index (χ0v) is 11.5. The van der Waals surface area contributed by atoms with Crippen molar-refractivity contribution in [2.24, 2.45) is 11.1 Å². The summed E-state index contributed by atoms with van der Waals surface area (Å²) in [4.78, 5) is 14.1. The molecule has 2 aliphatic rings. The van der Waals surface area contributed by atoms with E-state index in [9.17, 15) is 4.79 Å². The van der Waals surface area contributed by atoms with Crippen LogP contribution < -0.4 is 5.32 Å². The summed E-state index contributed by atoms with van der Waals surface area (Å²) in [5.41, 5.74) is 0.834. The van der Waals surface area contributed by atoms with Crippen LogP contribution in [0.15, 0.2) is 5.16 Å². The first kappa shape index (κ1) is 14.3. The van der Waals surface area contributed by atoms with E-state index in [-0.39, 0.29) is 17.9 Å². The number of rotatable bonds is 3. The Kier molecular flexibility index (Phi) is 5.15. The molecule has 2 aliphatic heterocycles. The van der Waals surface area contributed by atoms with Crippen LogP contribution in [-0.2, 0) is 9.53 Å². The highest BCUT2D eigenvalue weighted by molar-refractivity contribution is 5.87. The van der Waals surface area contributed by atoms with Crippen LogP contribution in [0.4, 0.5) is 0 Å². The van der Waals surface area contributed by atoms with Crippen molar-refractivity contribution in [3.63, 3.8) is 0 Å². The highest BCUT2D eigenvalue weighted by Gasteiger charge is 2.24. The molecule has 19 heavy (non-hydrogen) atoms. The van der Waals surface area contributed by atoms with E-state index in [1.54, 1.807) is 0 Å². The third-order valence-electron chi connectivity index (χ3n) is 3.87. The summed E-state index contributed by atoms with van der Waals surface area (Å²) in [5.74, 6) is 0.304. The maximum atomic E-state index is 12.0. The summed E-state index contributed by atoms with van der Waals surface area (Å²) in [6, 6.07) is 0.262. The Bertz CT molecular complexity index is 340. The number of likely N-dealkylation sites (tertiary alicyclic amines) is 1. The third kappa shape index (κ3) is 4.18. The van der Waals surface area contributed by atoms with Gasteiger partial charge in [-0.2, -0.15) is 0 Å². The van der Waals surface area contributed by atoms with Crippen LogP contribution in [0.1, 0.15) is 26.2 Å². The number of carbonyl (C=O) groups is 1. The van der Waals surface area contributed by atoms with E-state index in [0.717, 1.165) is 51.3 Å². The number of ether oxygens (including phenoxy) is 1. The van der Waals surface area contributed by atoms with Crippen molar-refractivity contribution in [2.75, 3.05) is 32.8 Å². The Balaban J connectivity index is 1.73. The van der Waals surface area contributed by atoms with Crippen molar-refractivity contribution < 1.29 is 14.7 Å². The van der Waals surface area contributed by atoms with E-state index in [0.29, 0.717) is 6.54 Å². The first-order chi connectivity index (χ1) is 9.19. The Morgan fingerprint density at radius 2 is 2.26 bits per heavy atom. The summed E-state index contributed by atoms with van der Waals surface area (Å²) in [5, 5.41) is 15.2. The van der Waals surface area contributed by atoms with Gasteiger partial charge in [-0.3, -0.25) is 9.69 Å². The van der Waals surface area contributed by atoms with Gasteiger partial charge in [0.25, 0.3) is 0 Å². The molecular formula is C13H23N3O3. The molecular weight excluding hydrogens is 246 g/mol. The quantitative estimate of drug-likeness (QED) is 0.576. The molecule has 0 spiro atoms. The highest BCUT2D eigenvalue weighted by atomic mass is 16.5. The molecule has 2 rings (SSSR count).